The van der Waals surface area contributed by atoms with Gasteiger partial charge >= 0.3 is 5.97 Å². The van der Waals surface area contributed by atoms with Gasteiger partial charge in [-0.3, -0.25) is 4.79 Å². The van der Waals surface area contributed by atoms with E-state index in [0.717, 1.165) is 24.5 Å². The first kappa shape index (κ1) is 12.7. The normalized spacial score (nSPS) is 12.7. The zero-order chi connectivity index (χ0) is 12.8. The van der Waals surface area contributed by atoms with Gasteiger partial charge in [0, 0.05) is 18.9 Å². The third kappa shape index (κ3) is 3.39. The third-order valence-electron chi connectivity index (χ3n) is 2.77. The summed E-state index contributed by atoms with van der Waals surface area (Å²) in [6.45, 7) is 3.50. The molecule has 0 bridgehead atoms. The molecule has 0 radical (unpaired) electrons. The molecule has 1 aromatic rings. The molecule has 0 fully saturated rings. The molecule has 0 aliphatic carbocycles. The monoisotopic (exact) mass is 250 g/mol. The molecule has 4 nitrogen and oxygen atoms in total. The summed E-state index contributed by atoms with van der Waals surface area (Å²) in [5.74, 6) is 1.54. The number of fused-ring (bicyclic) bond motifs is 1. The van der Waals surface area contributed by atoms with Gasteiger partial charge in [-0.25, -0.2) is 0 Å². The molecule has 1 aliphatic heterocycles. The number of carbonyl (C=O) groups excluding carboxylic acids is 1. The maximum Gasteiger partial charge on any atom is 0.305 e. The molecule has 0 saturated carbocycles. The summed E-state index contributed by atoms with van der Waals surface area (Å²) in [6, 6.07) is 5.88. The van der Waals surface area contributed by atoms with Crippen molar-refractivity contribution in [2.75, 3.05) is 19.8 Å². The maximum atomic E-state index is 11.1. The molecular formula is C14H18O4. The van der Waals surface area contributed by atoms with Crippen LogP contribution in [0.5, 0.6) is 11.5 Å². The number of esters is 1. The number of hydrogen-bond donors (Lipinski definition) is 0. The van der Waals surface area contributed by atoms with E-state index < -0.39 is 0 Å². The van der Waals surface area contributed by atoms with Gasteiger partial charge in [-0.2, -0.15) is 0 Å². The average Bonchev–Trinajstić information content (AvgIpc) is 2.82. The molecule has 0 N–H and O–H groups in total. The minimum absolute atomic E-state index is 0.168. The Morgan fingerprint density at radius 2 is 2.33 bits per heavy atom. The van der Waals surface area contributed by atoms with E-state index in [0.29, 0.717) is 26.1 Å². The Bertz CT molecular complexity index is 414. The van der Waals surface area contributed by atoms with E-state index in [4.69, 9.17) is 14.2 Å². The highest BCUT2D eigenvalue weighted by atomic mass is 16.5. The van der Waals surface area contributed by atoms with Crippen molar-refractivity contribution in [2.24, 2.45) is 0 Å². The summed E-state index contributed by atoms with van der Waals surface area (Å²) >= 11 is 0. The van der Waals surface area contributed by atoms with Crippen molar-refractivity contribution in [2.45, 2.75) is 26.2 Å². The molecular weight excluding hydrogens is 232 g/mol. The van der Waals surface area contributed by atoms with E-state index >= 15 is 0 Å². The van der Waals surface area contributed by atoms with Crippen LogP contribution in [0.25, 0.3) is 0 Å². The number of rotatable bonds is 6. The largest absolute Gasteiger partial charge is 0.493 e. The van der Waals surface area contributed by atoms with Gasteiger partial charge in [0.25, 0.3) is 0 Å². The van der Waals surface area contributed by atoms with Crippen LogP contribution in [-0.2, 0) is 16.0 Å². The summed E-state index contributed by atoms with van der Waals surface area (Å²) in [5.41, 5.74) is 1.23. The van der Waals surface area contributed by atoms with E-state index in [1.165, 1.54) is 5.56 Å². The van der Waals surface area contributed by atoms with Gasteiger partial charge in [-0.15, -0.1) is 0 Å². The molecule has 2 rings (SSSR count). The Morgan fingerprint density at radius 1 is 1.44 bits per heavy atom. The van der Waals surface area contributed by atoms with Gasteiger partial charge in [0.1, 0.15) is 11.5 Å². The van der Waals surface area contributed by atoms with Crippen LogP contribution in [0.4, 0.5) is 0 Å². The Labute approximate surface area is 107 Å². The zero-order valence-corrected chi connectivity index (χ0v) is 10.6. The zero-order valence-electron chi connectivity index (χ0n) is 10.6. The van der Waals surface area contributed by atoms with E-state index in [9.17, 15) is 4.79 Å². The third-order valence-corrected chi connectivity index (χ3v) is 2.77. The Hall–Kier alpha value is -1.71. The molecule has 1 aromatic carbocycles. The van der Waals surface area contributed by atoms with Gasteiger partial charge in [0.15, 0.2) is 0 Å². The summed E-state index contributed by atoms with van der Waals surface area (Å²) in [7, 11) is 0. The Morgan fingerprint density at radius 3 is 3.17 bits per heavy atom. The molecule has 0 atom stereocenters. The molecule has 1 aliphatic rings. The standard InChI is InChI=1S/C14H18O4/c1-2-16-14(15)4-3-8-17-12-6-5-11-7-9-18-13(11)10-12/h5-6,10H,2-4,7-9H2,1H3. The van der Waals surface area contributed by atoms with Gasteiger partial charge in [-0.1, -0.05) is 6.07 Å². The van der Waals surface area contributed by atoms with Crippen molar-refractivity contribution in [1.29, 1.82) is 0 Å². The van der Waals surface area contributed by atoms with Gasteiger partial charge in [0.05, 0.1) is 19.8 Å². The minimum atomic E-state index is -0.168. The first-order valence-corrected chi connectivity index (χ1v) is 6.33. The number of hydrogen-bond acceptors (Lipinski definition) is 4. The number of benzene rings is 1. The van der Waals surface area contributed by atoms with Crippen LogP contribution >= 0.6 is 0 Å². The van der Waals surface area contributed by atoms with Crippen molar-refractivity contribution in [3.05, 3.63) is 23.8 Å². The Balaban J connectivity index is 1.72. The molecule has 18 heavy (non-hydrogen) atoms. The van der Waals surface area contributed by atoms with Crippen LogP contribution in [0.1, 0.15) is 25.3 Å². The molecule has 98 valence electrons. The van der Waals surface area contributed by atoms with Crippen molar-refractivity contribution in [3.63, 3.8) is 0 Å². The van der Waals surface area contributed by atoms with Crippen molar-refractivity contribution in [3.8, 4) is 11.5 Å². The predicted octanol–water partition coefficient (Wildman–Crippen LogP) is 2.34. The highest BCUT2D eigenvalue weighted by Crippen LogP contribution is 2.29. The molecule has 4 heteroatoms. The fourth-order valence-electron chi connectivity index (χ4n) is 1.88. The maximum absolute atomic E-state index is 11.1. The van der Waals surface area contributed by atoms with E-state index in [1.807, 2.05) is 18.2 Å². The first-order valence-electron chi connectivity index (χ1n) is 6.33. The van der Waals surface area contributed by atoms with Gasteiger partial charge < -0.3 is 14.2 Å². The van der Waals surface area contributed by atoms with Crippen LogP contribution in [-0.4, -0.2) is 25.8 Å². The first-order chi connectivity index (χ1) is 8.79. The second-order valence-electron chi connectivity index (χ2n) is 4.13. The lowest BCUT2D eigenvalue weighted by molar-refractivity contribution is -0.143. The van der Waals surface area contributed by atoms with Crippen LogP contribution in [0.15, 0.2) is 18.2 Å². The highest BCUT2D eigenvalue weighted by Gasteiger charge is 2.12. The second-order valence-corrected chi connectivity index (χ2v) is 4.13. The smallest absolute Gasteiger partial charge is 0.305 e. The second kappa shape index (κ2) is 6.28. The summed E-state index contributed by atoms with van der Waals surface area (Å²) < 4.78 is 15.9. The minimum Gasteiger partial charge on any atom is -0.493 e. The SMILES string of the molecule is CCOC(=O)CCCOc1ccc2c(c1)OCC2. The van der Waals surface area contributed by atoms with Crippen molar-refractivity contribution in [1.82, 2.24) is 0 Å². The van der Waals surface area contributed by atoms with Crippen LogP contribution in [0.2, 0.25) is 0 Å². The van der Waals surface area contributed by atoms with Gasteiger partial charge in [0.2, 0.25) is 0 Å². The Kier molecular flexibility index (Phi) is 4.45. The fraction of sp³-hybridized carbons (Fsp3) is 0.500. The number of carbonyl (C=O) groups is 1. The lowest BCUT2D eigenvalue weighted by Gasteiger charge is -2.07. The van der Waals surface area contributed by atoms with E-state index in [2.05, 4.69) is 0 Å². The topological polar surface area (TPSA) is 44.8 Å². The van der Waals surface area contributed by atoms with E-state index in [1.54, 1.807) is 6.92 Å². The summed E-state index contributed by atoms with van der Waals surface area (Å²) in [6.07, 6.45) is 2.03. The molecule has 1 heterocycles. The van der Waals surface area contributed by atoms with Crippen LogP contribution in [0.3, 0.4) is 0 Å². The molecule has 0 aromatic heterocycles. The molecule has 0 spiro atoms. The van der Waals surface area contributed by atoms with E-state index in [-0.39, 0.29) is 5.97 Å². The fourth-order valence-corrected chi connectivity index (χ4v) is 1.88. The van der Waals surface area contributed by atoms with Crippen molar-refractivity contribution >= 4 is 5.97 Å². The van der Waals surface area contributed by atoms with Gasteiger partial charge in [-0.05, 0) is 25.0 Å². The molecule has 0 saturated heterocycles. The average molecular weight is 250 g/mol. The molecule has 0 amide bonds. The quantitative estimate of drug-likeness (QED) is 0.574. The predicted molar refractivity (Wildman–Crippen MR) is 67.0 cm³/mol. The number of ether oxygens (including phenoxy) is 3. The summed E-state index contributed by atoms with van der Waals surface area (Å²) in [5, 5.41) is 0. The molecule has 0 unspecified atom stereocenters. The van der Waals surface area contributed by atoms with Crippen LogP contribution in [0, 0.1) is 0 Å². The highest BCUT2D eigenvalue weighted by molar-refractivity contribution is 5.69. The lowest BCUT2D eigenvalue weighted by atomic mass is 10.2. The van der Waals surface area contributed by atoms with Crippen molar-refractivity contribution < 1.29 is 19.0 Å². The lowest BCUT2D eigenvalue weighted by Crippen LogP contribution is -2.06. The summed E-state index contributed by atoms with van der Waals surface area (Å²) in [4.78, 5) is 11.1. The van der Waals surface area contributed by atoms with Crippen LogP contribution < -0.4 is 9.47 Å².